The number of halogens is 3. The van der Waals surface area contributed by atoms with Crippen LogP contribution in [0, 0.1) is 0 Å². The zero-order chi connectivity index (χ0) is 21.6. The Morgan fingerprint density at radius 1 is 0.970 bits per heavy atom. The number of aromatic nitrogens is 1. The van der Waals surface area contributed by atoms with Crippen LogP contribution in [0.5, 0.6) is 11.5 Å². The number of nitrogens with zero attached hydrogens (tertiary/aromatic N) is 1. The fourth-order valence-electron chi connectivity index (χ4n) is 4.47. The van der Waals surface area contributed by atoms with E-state index in [1.54, 1.807) is 14.2 Å². The quantitative estimate of drug-likeness (QED) is 0.371. The molecule has 1 aliphatic rings. The molecule has 0 unspecified atom stereocenters. The summed E-state index contributed by atoms with van der Waals surface area (Å²) in [6, 6.07) is 15.1. The van der Waals surface area contributed by atoms with Crippen LogP contribution in [0.4, 0.5) is 5.69 Å². The third kappa shape index (κ3) is 6.80. The van der Waals surface area contributed by atoms with Crippen molar-refractivity contribution in [1.82, 2.24) is 10.3 Å². The minimum absolute atomic E-state index is 0. The van der Waals surface area contributed by atoms with Crippen molar-refractivity contribution in [2.75, 3.05) is 26.1 Å². The number of ether oxygens (including phenoxy) is 2. The molecule has 0 saturated heterocycles. The molecule has 8 heteroatoms. The van der Waals surface area contributed by atoms with Crippen molar-refractivity contribution >= 4 is 53.0 Å². The Hall–Kier alpha value is -1.92. The predicted molar refractivity (Wildman–Crippen MR) is 142 cm³/mol. The second-order valence-electron chi connectivity index (χ2n) is 8.07. The van der Waals surface area contributed by atoms with E-state index >= 15 is 0 Å². The van der Waals surface area contributed by atoms with E-state index < -0.39 is 0 Å². The van der Waals surface area contributed by atoms with Crippen LogP contribution < -0.4 is 20.1 Å². The van der Waals surface area contributed by atoms with Crippen molar-refractivity contribution in [2.24, 2.45) is 0 Å². The van der Waals surface area contributed by atoms with E-state index in [1.165, 1.54) is 18.4 Å². The van der Waals surface area contributed by atoms with Gasteiger partial charge < -0.3 is 20.1 Å². The van der Waals surface area contributed by atoms with E-state index in [2.05, 4.69) is 27.8 Å². The summed E-state index contributed by atoms with van der Waals surface area (Å²) in [5.74, 6) is 1.63. The predicted octanol–water partition coefficient (Wildman–Crippen LogP) is 6.30. The van der Waals surface area contributed by atoms with Gasteiger partial charge in [-0.3, -0.25) is 4.98 Å². The lowest BCUT2D eigenvalue weighted by Gasteiger charge is -2.30. The lowest BCUT2D eigenvalue weighted by atomic mass is 9.90. The lowest BCUT2D eigenvalue weighted by molar-refractivity contribution is 0.346. The summed E-state index contributed by atoms with van der Waals surface area (Å²) in [5.41, 5.74) is 3.25. The first kappa shape index (κ1) is 27.3. The van der Waals surface area contributed by atoms with Crippen molar-refractivity contribution in [3.63, 3.8) is 0 Å². The van der Waals surface area contributed by atoms with E-state index in [-0.39, 0.29) is 24.8 Å². The maximum atomic E-state index is 6.11. The topological polar surface area (TPSA) is 55.4 Å². The Morgan fingerprint density at radius 3 is 2.45 bits per heavy atom. The van der Waals surface area contributed by atoms with Gasteiger partial charge in [-0.2, -0.15) is 0 Å². The molecule has 0 radical (unpaired) electrons. The average molecular weight is 513 g/mol. The summed E-state index contributed by atoms with van der Waals surface area (Å²) in [5, 5.41) is 9.30. The number of anilines is 1. The maximum absolute atomic E-state index is 6.11. The SMILES string of the molecule is COc1cccc(CCN[C@H]2CC[C@H](Nc3ccnc4cc(Cl)ccc34)CC2)c1OC.Cl.Cl. The van der Waals surface area contributed by atoms with Crippen LogP contribution in [0.1, 0.15) is 31.2 Å². The van der Waals surface area contributed by atoms with Gasteiger partial charge in [0.1, 0.15) is 0 Å². The average Bonchev–Trinajstić information content (AvgIpc) is 2.80. The second-order valence-corrected chi connectivity index (χ2v) is 8.51. The van der Waals surface area contributed by atoms with Crippen LogP contribution in [0.2, 0.25) is 5.02 Å². The highest BCUT2D eigenvalue weighted by atomic mass is 35.5. The molecule has 33 heavy (non-hydrogen) atoms. The molecule has 0 aliphatic heterocycles. The van der Waals surface area contributed by atoms with Gasteiger partial charge in [-0.15, -0.1) is 24.8 Å². The van der Waals surface area contributed by atoms with Crippen LogP contribution >= 0.6 is 36.4 Å². The van der Waals surface area contributed by atoms with Gasteiger partial charge in [0.15, 0.2) is 11.5 Å². The molecule has 0 atom stereocenters. The molecule has 1 aliphatic carbocycles. The molecule has 0 bridgehead atoms. The zero-order valence-electron chi connectivity index (χ0n) is 19.0. The van der Waals surface area contributed by atoms with E-state index in [1.807, 2.05) is 36.5 Å². The van der Waals surface area contributed by atoms with Gasteiger partial charge in [-0.1, -0.05) is 23.7 Å². The van der Waals surface area contributed by atoms with Gasteiger partial charge in [-0.25, -0.2) is 0 Å². The number of fused-ring (bicyclic) bond motifs is 1. The largest absolute Gasteiger partial charge is 0.493 e. The van der Waals surface area contributed by atoms with Crippen LogP contribution in [0.25, 0.3) is 10.9 Å². The summed E-state index contributed by atoms with van der Waals surface area (Å²) in [6.07, 6.45) is 7.41. The van der Waals surface area contributed by atoms with Crippen molar-refractivity contribution in [3.05, 3.63) is 59.2 Å². The van der Waals surface area contributed by atoms with Gasteiger partial charge in [0.2, 0.25) is 0 Å². The van der Waals surface area contributed by atoms with Crippen molar-refractivity contribution < 1.29 is 9.47 Å². The highest BCUT2D eigenvalue weighted by Crippen LogP contribution is 2.31. The number of hydrogen-bond donors (Lipinski definition) is 2. The maximum Gasteiger partial charge on any atom is 0.163 e. The Balaban J connectivity index is 0.00000193. The number of benzene rings is 2. The number of pyridine rings is 1. The van der Waals surface area contributed by atoms with Crippen molar-refractivity contribution in [2.45, 2.75) is 44.2 Å². The molecule has 1 fully saturated rings. The Bertz CT molecular complexity index is 1030. The highest BCUT2D eigenvalue weighted by Gasteiger charge is 2.21. The molecule has 2 aromatic carbocycles. The molecule has 2 N–H and O–H groups in total. The smallest absolute Gasteiger partial charge is 0.163 e. The molecule has 1 heterocycles. The normalized spacial score (nSPS) is 17.5. The second kappa shape index (κ2) is 13.1. The van der Waals surface area contributed by atoms with Crippen LogP contribution in [0.3, 0.4) is 0 Å². The Morgan fingerprint density at radius 2 is 1.73 bits per heavy atom. The van der Waals surface area contributed by atoms with Crippen molar-refractivity contribution in [3.8, 4) is 11.5 Å². The first-order valence-electron chi connectivity index (χ1n) is 10.9. The van der Waals surface area contributed by atoms with Crippen LogP contribution in [-0.4, -0.2) is 37.8 Å². The minimum atomic E-state index is 0. The van der Waals surface area contributed by atoms with E-state index in [0.29, 0.717) is 12.1 Å². The summed E-state index contributed by atoms with van der Waals surface area (Å²) in [7, 11) is 3.37. The fourth-order valence-corrected chi connectivity index (χ4v) is 4.64. The molecule has 0 spiro atoms. The summed E-state index contributed by atoms with van der Waals surface area (Å²) in [6.45, 7) is 0.933. The van der Waals surface area contributed by atoms with E-state index in [4.69, 9.17) is 21.1 Å². The van der Waals surface area contributed by atoms with Crippen LogP contribution in [0.15, 0.2) is 48.7 Å². The first-order chi connectivity index (χ1) is 15.2. The van der Waals surface area contributed by atoms with Gasteiger partial charge in [0.05, 0.1) is 19.7 Å². The molecular formula is C25H32Cl3N3O2. The van der Waals surface area contributed by atoms with Crippen LogP contribution in [-0.2, 0) is 6.42 Å². The molecule has 1 saturated carbocycles. The molecule has 3 aromatic rings. The molecule has 0 amide bonds. The molecule has 5 nitrogen and oxygen atoms in total. The molecule has 4 rings (SSSR count). The summed E-state index contributed by atoms with van der Waals surface area (Å²) in [4.78, 5) is 4.44. The number of methoxy groups -OCH3 is 2. The monoisotopic (exact) mass is 511 g/mol. The number of hydrogen-bond acceptors (Lipinski definition) is 5. The van der Waals surface area contributed by atoms with Gasteiger partial charge in [0, 0.05) is 34.4 Å². The van der Waals surface area contributed by atoms with E-state index in [0.717, 1.165) is 58.9 Å². The lowest BCUT2D eigenvalue weighted by Crippen LogP contribution is -2.37. The van der Waals surface area contributed by atoms with Gasteiger partial charge in [-0.05, 0) is 74.5 Å². The Kier molecular flexibility index (Phi) is 10.8. The summed E-state index contributed by atoms with van der Waals surface area (Å²) < 4.78 is 10.9. The van der Waals surface area contributed by atoms with E-state index in [9.17, 15) is 0 Å². The first-order valence-corrected chi connectivity index (χ1v) is 11.3. The third-order valence-corrected chi connectivity index (χ3v) is 6.34. The van der Waals surface area contributed by atoms with Gasteiger partial charge in [0.25, 0.3) is 0 Å². The minimum Gasteiger partial charge on any atom is -0.493 e. The van der Waals surface area contributed by atoms with Gasteiger partial charge >= 0.3 is 0 Å². The standard InChI is InChI=1S/C25H30ClN3O2.2ClH/c1-30-24-5-3-4-17(25(24)31-2)12-14-27-19-7-9-20(10-8-19)29-22-13-15-28-23-16-18(26)6-11-21(22)23;;/h3-6,11,13,15-16,19-20,27H,7-10,12,14H2,1-2H3,(H,28,29);2*1H/t19-,20-;;. The summed E-state index contributed by atoms with van der Waals surface area (Å²) >= 11 is 6.11. The molecule has 180 valence electrons. The molecular weight excluding hydrogens is 481 g/mol. The molecule has 1 aromatic heterocycles. The number of nitrogens with one attached hydrogen (secondary N) is 2. The third-order valence-electron chi connectivity index (χ3n) is 6.10. The number of para-hydroxylation sites is 1. The Labute approximate surface area is 213 Å². The number of rotatable bonds is 8. The zero-order valence-corrected chi connectivity index (χ0v) is 21.4. The highest BCUT2D eigenvalue weighted by molar-refractivity contribution is 6.31. The fraction of sp³-hybridized carbons (Fsp3) is 0.400. The van der Waals surface area contributed by atoms with Crippen molar-refractivity contribution in [1.29, 1.82) is 0 Å².